The zero-order valence-corrected chi connectivity index (χ0v) is 11.6. The summed E-state index contributed by atoms with van der Waals surface area (Å²) in [6.45, 7) is 0. The summed E-state index contributed by atoms with van der Waals surface area (Å²) >= 11 is 0. The Hall–Kier alpha value is -2.81. The van der Waals surface area contributed by atoms with E-state index in [9.17, 15) is 4.79 Å². The molecular formula is C18H14O3. The minimum Gasteiger partial charge on any atom is -0.497 e. The molecule has 0 saturated carbocycles. The molecule has 0 bridgehead atoms. The minimum atomic E-state index is -0.0535. The fourth-order valence-electron chi connectivity index (χ4n) is 2.24. The van der Waals surface area contributed by atoms with Crippen LogP contribution >= 0.6 is 0 Å². The molecule has 0 aliphatic rings. The molecule has 1 heterocycles. The Bertz CT molecular complexity index is 798. The van der Waals surface area contributed by atoms with E-state index in [1.54, 1.807) is 31.6 Å². The van der Waals surface area contributed by atoms with Crippen molar-refractivity contribution in [3.8, 4) is 5.75 Å². The number of ether oxygens (including phenoxy) is 1. The van der Waals surface area contributed by atoms with Gasteiger partial charge in [0.05, 0.1) is 13.4 Å². The molecule has 0 fully saturated rings. The Morgan fingerprint density at radius 2 is 2.05 bits per heavy atom. The number of carbonyl (C=O) groups is 1. The Morgan fingerprint density at radius 1 is 1.14 bits per heavy atom. The van der Waals surface area contributed by atoms with E-state index in [0.29, 0.717) is 11.3 Å². The highest BCUT2D eigenvalue weighted by molar-refractivity contribution is 6.14. The van der Waals surface area contributed by atoms with Gasteiger partial charge in [0.25, 0.3) is 0 Å². The van der Waals surface area contributed by atoms with E-state index in [-0.39, 0.29) is 5.78 Å². The molecule has 0 amide bonds. The van der Waals surface area contributed by atoms with E-state index in [0.717, 1.165) is 16.5 Å². The third-order valence-electron chi connectivity index (χ3n) is 3.30. The van der Waals surface area contributed by atoms with E-state index in [4.69, 9.17) is 9.15 Å². The first-order valence-electron chi connectivity index (χ1n) is 6.60. The molecule has 0 atom stereocenters. The lowest BCUT2D eigenvalue weighted by Gasteiger charge is -2.05. The molecule has 0 spiro atoms. The van der Waals surface area contributed by atoms with Gasteiger partial charge >= 0.3 is 0 Å². The van der Waals surface area contributed by atoms with Crippen molar-refractivity contribution in [2.45, 2.75) is 0 Å². The lowest BCUT2D eigenvalue weighted by molar-refractivity contribution is 0.104. The predicted octanol–water partition coefficient (Wildman–Crippen LogP) is 4.34. The van der Waals surface area contributed by atoms with Gasteiger partial charge in [-0.15, -0.1) is 0 Å². The molecule has 1 aromatic heterocycles. The number of fused-ring (bicyclic) bond motifs is 1. The van der Waals surface area contributed by atoms with Crippen molar-refractivity contribution >= 4 is 22.6 Å². The van der Waals surface area contributed by atoms with Crippen LogP contribution in [0.4, 0.5) is 0 Å². The van der Waals surface area contributed by atoms with Gasteiger partial charge in [0, 0.05) is 5.56 Å². The van der Waals surface area contributed by atoms with Gasteiger partial charge < -0.3 is 9.15 Å². The Balaban J connectivity index is 1.98. The van der Waals surface area contributed by atoms with Crippen LogP contribution in [0.1, 0.15) is 16.1 Å². The minimum absolute atomic E-state index is 0.0535. The first-order valence-corrected chi connectivity index (χ1v) is 6.60. The lowest BCUT2D eigenvalue weighted by atomic mass is 10.0. The van der Waals surface area contributed by atoms with E-state index in [2.05, 4.69) is 0 Å². The van der Waals surface area contributed by atoms with Crippen molar-refractivity contribution in [1.29, 1.82) is 0 Å². The number of ketones is 1. The molecule has 3 nitrogen and oxygen atoms in total. The molecular weight excluding hydrogens is 264 g/mol. The molecule has 21 heavy (non-hydrogen) atoms. The number of carbonyl (C=O) groups excluding carboxylic acids is 1. The molecule has 3 rings (SSSR count). The average molecular weight is 278 g/mol. The van der Waals surface area contributed by atoms with Crippen LogP contribution in [0.2, 0.25) is 0 Å². The first-order chi connectivity index (χ1) is 10.3. The molecule has 0 saturated heterocycles. The Labute approximate surface area is 122 Å². The molecule has 0 N–H and O–H groups in total. The number of furan rings is 1. The van der Waals surface area contributed by atoms with Crippen molar-refractivity contribution < 1.29 is 13.9 Å². The van der Waals surface area contributed by atoms with Crippen molar-refractivity contribution in [2.75, 3.05) is 7.11 Å². The highest BCUT2D eigenvalue weighted by atomic mass is 16.5. The van der Waals surface area contributed by atoms with E-state index in [1.807, 2.05) is 36.4 Å². The molecule has 0 radical (unpaired) electrons. The van der Waals surface area contributed by atoms with E-state index in [1.165, 1.54) is 6.08 Å². The summed E-state index contributed by atoms with van der Waals surface area (Å²) in [5.41, 5.74) is 0.665. The number of hydrogen-bond acceptors (Lipinski definition) is 3. The van der Waals surface area contributed by atoms with Gasteiger partial charge in [-0.05, 0) is 53.3 Å². The summed E-state index contributed by atoms with van der Waals surface area (Å²) in [7, 11) is 1.63. The molecule has 3 aromatic rings. The van der Waals surface area contributed by atoms with Crippen LogP contribution in [0.3, 0.4) is 0 Å². The maximum atomic E-state index is 12.3. The maximum Gasteiger partial charge on any atom is 0.186 e. The van der Waals surface area contributed by atoms with Gasteiger partial charge in [-0.2, -0.15) is 0 Å². The zero-order chi connectivity index (χ0) is 14.7. The largest absolute Gasteiger partial charge is 0.497 e. The second-order valence-electron chi connectivity index (χ2n) is 4.61. The standard InChI is InChI=1S/C18H14O3/c1-20-15-7-9-16-13(12-15)4-2-6-17(16)18(19)10-8-14-5-3-11-21-14/h2-12H,1H3. The molecule has 0 aliphatic heterocycles. The third-order valence-corrected chi connectivity index (χ3v) is 3.30. The maximum absolute atomic E-state index is 12.3. The van der Waals surface area contributed by atoms with E-state index >= 15 is 0 Å². The summed E-state index contributed by atoms with van der Waals surface area (Å²) in [6, 6.07) is 14.9. The van der Waals surface area contributed by atoms with Crippen LogP contribution < -0.4 is 4.74 Å². The van der Waals surface area contributed by atoms with Gasteiger partial charge in [-0.3, -0.25) is 4.79 Å². The van der Waals surface area contributed by atoms with Crippen LogP contribution in [0.15, 0.2) is 65.3 Å². The van der Waals surface area contributed by atoms with Gasteiger partial charge in [0.15, 0.2) is 5.78 Å². The number of benzene rings is 2. The van der Waals surface area contributed by atoms with Crippen LogP contribution in [-0.4, -0.2) is 12.9 Å². The lowest BCUT2D eigenvalue weighted by Crippen LogP contribution is -1.95. The second-order valence-corrected chi connectivity index (χ2v) is 4.61. The highest BCUT2D eigenvalue weighted by Gasteiger charge is 2.08. The van der Waals surface area contributed by atoms with Crippen LogP contribution in [-0.2, 0) is 0 Å². The van der Waals surface area contributed by atoms with Crippen LogP contribution in [0.5, 0.6) is 5.75 Å². The van der Waals surface area contributed by atoms with Crippen molar-refractivity contribution in [3.05, 3.63) is 72.2 Å². The normalized spacial score (nSPS) is 11.1. The van der Waals surface area contributed by atoms with Gasteiger partial charge in [-0.25, -0.2) is 0 Å². The summed E-state index contributed by atoms with van der Waals surface area (Å²) < 4.78 is 10.4. The average Bonchev–Trinajstić information content (AvgIpc) is 3.04. The first kappa shape index (κ1) is 13.2. The Morgan fingerprint density at radius 3 is 2.81 bits per heavy atom. The van der Waals surface area contributed by atoms with Crippen LogP contribution in [0.25, 0.3) is 16.8 Å². The second kappa shape index (κ2) is 5.67. The summed E-state index contributed by atoms with van der Waals surface area (Å²) in [6.07, 6.45) is 4.77. The smallest absolute Gasteiger partial charge is 0.186 e. The van der Waals surface area contributed by atoms with Crippen molar-refractivity contribution in [3.63, 3.8) is 0 Å². The molecule has 104 valence electrons. The number of allylic oxidation sites excluding steroid dienone is 1. The topological polar surface area (TPSA) is 39.4 Å². The summed E-state index contributed by atoms with van der Waals surface area (Å²) in [5, 5.41) is 1.89. The highest BCUT2D eigenvalue weighted by Crippen LogP contribution is 2.24. The van der Waals surface area contributed by atoms with Crippen LogP contribution in [0, 0.1) is 0 Å². The third kappa shape index (κ3) is 2.72. The van der Waals surface area contributed by atoms with E-state index < -0.39 is 0 Å². The molecule has 2 aromatic carbocycles. The molecule has 0 aliphatic carbocycles. The zero-order valence-electron chi connectivity index (χ0n) is 11.6. The van der Waals surface area contributed by atoms with Gasteiger partial charge in [0.2, 0.25) is 0 Å². The molecule has 3 heteroatoms. The monoisotopic (exact) mass is 278 g/mol. The molecule has 0 unspecified atom stereocenters. The summed E-state index contributed by atoms with van der Waals surface area (Å²) in [4.78, 5) is 12.3. The fourth-order valence-corrected chi connectivity index (χ4v) is 2.24. The Kier molecular flexibility index (Phi) is 3.56. The van der Waals surface area contributed by atoms with Gasteiger partial charge in [-0.1, -0.05) is 18.2 Å². The number of methoxy groups -OCH3 is 1. The van der Waals surface area contributed by atoms with Crippen molar-refractivity contribution in [2.24, 2.45) is 0 Å². The SMILES string of the molecule is COc1ccc2c(C(=O)C=Cc3ccco3)cccc2c1. The predicted molar refractivity (Wildman–Crippen MR) is 82.6 cm³/mol. The number of rotatable bonds is 4. The quantitative estimate of drug-likeness (QED) is 0.526. The summed E-state index contributed by atoms with van der Waals surface area (Å²) in [5.74, 6) is 1.38. The van der Waals surface area contributed by atoms with Gasteiger partial charge in [0.1, 0.15) is 11.5 Å². The fraction of sp³-hybridized carbons (Fsp3) is 0.0556. The van der Waals surface area contributed by atoms with Crippen molar-refractivity contribution in [1.82, 2.24) is 0 Å². The number of hydrogen-bond donors (Lipinski definition) is 0.